The number of allylic oxidation sites excluding steroid dienone is 1. The minimum Gasteiger partial charge on any atom is -0.427 e. The number of esters is 2. The second kappa shape index (κ2) is 8.23. The first-order valence-electron chi connectivity index (χ1n) is 9.45. The lowest BCUT2D eigenvalue weighted by atomic mass is 9.98. The van der Waals surface area contributed by atoms with E-state index in [1.807, 2.05) is 36.0 Å². The Morgan fingerprint density at radius 1 is 1.24 bits per heavy atom. The SMILES string of the molecule is C[C@H](CC1=C(C(=O)OCOC(=O)C(C)(C)C)N2C(=O)[C@H](CO)[C@H]2S1)n1cccc1. The summed E-state index contributed by atoms with van der Waals surface area (Å²) < 4.78 is 12.2. The van der Waals surface area contributed by atoms with Crippen LogP contribution in [-0.2, 0) is 23.9 Å². The fraction of sp³-hybridized carbons (Fsp3) is 0.550. The molecular formula is C20H26N2O6S. The highest BCUT2D eigenvalue weighted by Gasteiger charge is 2.56. The molecule has 1 aromatic rings. The number of thioether (sulfide) groups is 1. The summed E-state index contributed by atoms with van der Waals surface area (Å²) in [5.74, 6) is -2.02. The monoisotopic (exact) mass is 422 g/mol. The van der Waals surface area contributed by atoms with E-state index < -0.39 is 30.1 Å². The van der Waals surface area contributed by atoms with Crippen LogP contribution in [0.3, 0.4) is 0 Å². The van der Waals surface area contributed by atoms with Crippen LogP contribution in [0, 0.1) is 11.3 Å². The molecule has 0 saturated carbocycles. The number of aromatic nitrogens is 1. The van der Waals surface area contributed by atoms with Crippen LogP contribution in [0.1, 0.15) is 40.2 Å². The number of aliphatic hydroxyl groups excluding tert-OH is 1. The van der Waals surface area contributed by atoms with Crippen molar-refractivity contribution in [2.24, 2.45) is 11.3 Å². The van der Waals surface area contributed by atoms with Crippen LogP contribution in [0.4, 0.5) is 0 Å². The first kappa shape index (κ1) is 21.4. The highest BCUT2D eigenvalue weighted by Crippen LogP contribution is 2.51. The summed E-state index contributed by atoms with van der Waals surface area (Å²) in [6.45, 7) is 6.34. The van der Waals surface area contributed by atoms with Gasteiger partial charge in [0.15, 0.2) is 0 Å². The molecule has 1 amide bonds. The molecular weight excluding hydrogens is 396 g/mol. The van der Waals surface area contributed by atoms with Crippen molar-refractivity contribution < 1.29 is 29.0 Å². The third-order valence-corrected chi connectivity index (χ3v) is 6.35. The molecule has 1 fully saturated rings. The van der Waals surface area contributed by atoms with Gasteiger partial charge in [-0.3, -0.25) is 14.5 Å². The zero-order valence-corrected chi connectivity index (χ0v) is 17.8. The molecule has 1 saturated heterocycles. The minimum atomic E-state index is -0.709. The highest BCUT2D eigenvalue weighted by atomic mass is 32.2. The zero-order chi connectivity index (χ0) is 21.3. The quantitative estimate of drug-likeness (QED) is 0.409. The first-order chi connectivity index (χ1) is 13.6. The molecule has 0 aromatic carbocycles. The van der Waals surface area contributed by atoms with E-state index in [9.17, 15) is 19.5 Å². The molecule has 0 radical (unpaired) electrons. The Morgan fingerprint density at radius 3 is 2.48 bits per heavy atom. The predicted molar refractivity (Wildman–Crippen MR) is 106 cm³/mol. The third-order valence-electron chi connectivity index (χ3n) is 4.92. The standard InChI is InChI=1S/C20H26N2O6S/c1-12(21-7-5-6-8-21)9-14-15(22-16(24)13(10-23)17(22)29-14)18(25)27-11-28-19(26)20(2,3)4/h5-8,12-13,17,23H,9-11H2,1-4H3/t12-,13+,17-/m1/s1. The predicted octanol–water partition coefficient (Wildman–Crippen LogP) is 2.26. The Morgan fingerprint density at radius 2 is 1.90 bits per heavy atom. The molecule has 3 rings (SSSR count). The molecule has 3 atom stereocenters. The van der Waals surface area contributed by atoms with E-state index in [4.69, 9.17) is 9.47 Å². The molecule has 0 bridgehead atoms. The number of ether oxygens (including phenoxy) is 2. The summed E-state index contributed by atoms with van der Waals surface area (Å²) in [5.41, 5.74) is -0.528. The molecule has 3 heterocycles. The van der Waals surface area contributed by atoms with Crippen LogP contribution in [0.2, 0.25) is 0 Å². The van der Waals surface area contributed by atoms with E-state index in [1.165, 1.54) is 16.7 Å². The number of β-lactam (4-membered cyclic amide) rings is 1. The van der Waals surface area contributed by atoms with Crippen LogP contribution < -0.4 is 0 Å². The molecule has 2 aliphatic heterocycles. The van der Waals surface area contributed by atoms with E-state index in [0.29, 0.717) is 6.42 Å². The Labute approximate surface area is 173 Å². The van der Waals surface area contributed by atoms with Crippen molar-refractivity contribution in [3.05, 3.63) is 35.1 Å². The number of rotatable bonds is 7. The summed E-state index contributed by atoms with van der Waals surface area (Å²) in [5, 5.41) is 9.16. The molecule has 8 nitrogen and oxygen atoms in total. The van der Waals surface area contributed by atoms with Crippen LogP contribution in [0.15, 0.2) is 35.1 Å². The van der Waals surface area contributed by atoms with Gasteiger partial charge in [-0.05, 0) is 39.8 Å². The topological polar surface area (TPSA) is 98.1 Å². The summed E-state index contributed by atoms with van der Waals surface area (Å²) in [7, 11) is 0. The molecule has 0 aliphatic carbocycles. The number of nitrogens with zero attached hydrogens (tertiary/aromatic N) is 2. The summed E-state index contributed by atoms with van der Waals surface area (Å²) >= 11 is 1.41. The van der Waals surface area contributed by atoms with Crippen LogP contribution in [0.5, 0.6) is 0 Å². The zero-order valence-electron chi connectivity index (χ0n) is 17.0. The third kappa shape index (κ3) is 4.20. The van der Waals surface area contributed by atoms with Crippen molar-refractivity contribution in [3.8, 4) is 0 Å². The lowest BCUT2D eigenvalue weighted by Gasteiger charge is -2.41. The maximum atomic E-state index is 12.7. The van der Waals surface area contributed by atoms with Crippen LogP contribution in [0.25, 0.3) is 0 Å². The smallest absolute Gasteiger partial charge is 0.358 e. The normalized spacial score (nSPS) is 22.2. The lowest BCUT2D eigenvalue weighted by molar-refractivity contribution is -0.173. The maximum absolute atomic E-state index is 12.7. The molecule has 9 heteroatoms. The fourth-order valence-electron chi connectivity index (χ4n) is 3.19. The number of hydrogen-bond acceptors (Lipinski definition) is 7. The van der Waals surface area contributed by atoms with E-state index in [2.05, 4.69) is 0 Å². The summed E-state index contributed by atoms with van der Waals surface area (Å²) in [4.78, 5) is 39.1. The molecule has 1 N–H and O–H groups in total. The van der Waals surface area contributed by atoms with Crippen molar-refractivity contribution in [2.45, 2.75) is 45.5 Å². The number of aliphatic hydroxyl groups is 1. The average Bonchev–Trinajstić information content (AvgIpc) is 3.28. The number of fused-ring (bicyclic) bond motifs is 1. The summed E-state index contributed by atoms with van der Waals surface area (Å²) in [6.07, 6.45) is 4.40. The van der Waals surface area contributed by atoms with Gasteiger partial charge in [-0.1, -0.05) is 0 Å². The van der Waals surface area contributed by atoms with Gasteiger partial charge in [-0.25, -0.2) is 4.79 Å². The maximum Gasteiger partial charge on any atom is 0.358 e. The average molecular weight is 423 g/mol. The Hall–Kier alpha value is -2.26. The van der Waals surface area contributed by atoms with Gasteiger partial charge in [0, 0.05) is 29.8 Å². The van der Waals surface area contributed by atoms with Gasteiger partial charge < -0.3 is 19.1 Å². The fourth-order valence-corrected chi connectivity index (χ4v) is 4.80. The Bertz CT molecular complexity index is 827. The lowest BCUT2D eigenvalue weighted by Crippen LogP contribution is -2.58. The summed E-state index contributed by atoms with van der Waals surface area (Å²) in [6, 6.07) is 3.91. The van der Waals surface area contributed by atoms with E-state index >= 15 is 0 Å². The Balaban J connectivity index is 1.73. The van der Waals surface area contributed by atoms with Gasteiger partial charge in [0.25, 0.3) is 0 Å². The number of carbonyl (C=O) groups excluding carboxylic acids is 3. The minimum absolute atomic E-state index is 0.0652. The highest BCUT2D eigenvalue weighted by molar-refractivity contribution is 8.04. The van der Waals surface area contributed by atoms with Crippen molar-refractivity contribution in [1.82, 2.24) is 9.47 Å². The molecule has 2 aliphatic rings. The van der Waals surface area contributed by atoms with Gasteiger partial charge in [-0.15, -0.1) is 11.8 Å². The number of carbonyl (C=O) groups is 3. The van der Waals surface area contributed by atoms with Crippen molar-refractivity contribution >= 4 is 29.6 Å². The molecule has 0 unspecified atom stereocenters. The van der Waals surface area contributed by atoms with E-state index in [-0.39, 0.29) is 29.6 Å². The van der Waals surface area contributed by atoms with Crippen molar-refractivity contribution in [2.75, 3.05) is 13.4 Å². The van der Waals surface area contributed by atoms with Gasteiger partial charge >= 0.3 is 11.9 Å². The second-order valence-electron chi connectivity index (χ2n) is 8.19. The van der Waals surface area contributed by atoms with Crippen LogP contribution in [-0.4, -0.2) is 51.2 Å². The van der Waals surface area contributed by atoms with Gasteiger partial charge in [0.2, 0.25) is 12.7 Å². The van der Waals surface area contributed by atoms with Crippen molar-refractivity contribution in [1.29, 1.82) is 0 Å². The molecule has 158 valence electrons. The first-order valence-corrected chi connectivity index (χ1v) is 10.3. The van der Waals surface area contributed by atoms with E-state index in [0.717, 1.165) is 4.91 Å². The van der Waals surface area contributed by atoms with E-state index in [1.54, 1.807) is 20.8 Å². The van der Waals surface area contributed by atoms with Gasteiger partial charge in [0.1, 0.15) is 11.1 Å². The molecule has 29 heavy (non-hydrogen) atoms. The molecule has 1 aromatic heterocycles. The largest absolute Gasteiger partial charge is 0.427 e. The molecule has 0 spiro atoms. The second-order valence-corrected chi connectivity index (χ2v) is 9.40. The number of hydrogen-bond donors (Lipinski definition) is 1. The van der Waals surface area contributed by atoms with Gasteiger partial charge in [-0.2, -0.15) is 0 Å². The van der Waals surface area contributed by atoms with Gasteiger partial charge in [0.05, 0.1) is 17.9 Å². The number of amides is 1. The van der Waals surface area contributed by atoms with Crippen LogP contribution >= 0.6 is 11.8 Å². The van der Waals surface area contributed by atoms with Crippen molar-refractivity contribution in [3.63, 3.8) is 0 Å². The Kier molecular flexibility index (Phi) is 6.09.